The molecule has 2 aliphatic rings. The molecule has 0 aliphatic heterocycles. The maximum atomic E-state index is 13.8. The highest BCUT2D eigenvalue weighted by Gasteiger charge is 2.38. The van der Waals surface area contributed by atoms with Crippen LogP contribution in [0.4, 0.5) is 4.39 Å². The molecule has 2 fully saturated rings. The summed E-state index contributed by atoms with van der Waals surface area (Å²) in [5.74, 6) is -0.149. The lowest BCUT2D eigenvalue weighted by Gasteiger charge is -2.29. The van der Waals surface area contributed by atoms with Crippen LogP contribution in [0, 0.1) is 5.82 Å². The van der Waals surface area contributed by atoms with Gasteiger partial charge in [-0.05, 0) is 31.7 Å². The van der Waals surface area contributed by atoms with E-state index in [0.717, 1.165) is 38.5 Å². The van der Waals surface area contributed by atoms with E-state index in [2.05, 4.69) is 0 Å². The van der Waals surface area contributed by atoms with Crippen LogP contribution in [0.3, 0.4) is 0 Å². The van der Waals surface area contributed by atoms with E-state index >= 15 is 0 Å². The Balaban J connectivity index is 1.69. The third-order valence-electron chi connectivity index (χ3n) is 4.71. The van der Waals surface area contributed by atoms with Gasteiger partial charge >= 0.3 is 0 Å². The monoisotopic (exact) mass is 290 g/mol. The topological polar surface area (TPSA) is 46.3 Å². The minimum atomic E-state index is -0.334. The van der Waals surface area contributed by atoms with Crippen molar-refractivity contribution in [3.8, 4) is 0 Å². The van der Waals surface area contributed by atoms with Gasteiger partial charge in [-0.3, -0.25) is 4.79 Å². The molecule has 4 heteroatoms. The number of rotatable bonds is 5. The number of benzene rings is 1. The van der Waals surface area contributed by atoms with E-state index in [0.29, 0.717) is 18.5 Å². The van der Waals surface area contributed by atoms with E-state index in [4.69, 9.17) is 5.73 Å². The van der Waals surface area contributed by atoms with Gasteiger partial charge in [0, 0.05) is 30.1 Å². The van der Waals surface area contributed by atoms with E-state index in [-0.39, 0.29) is 23.3 Å². The molecule has 1 aromatic carbocycles. The van der Waals surface area contributed by atoms with Gasteiger partial charge in [-0.2, -0.15) is 0 Å². The number of amides is 1. The molecule has 3 rings (SSSR count). The summed E-state index contributed by atoms with van der Waals surface area (Å²) in [6, 6.07) is 6.98. The van der Waals surface area contributed by atoms with E-state index in [9.17, 15) is 9.18 Å². The zero-order valence-electron chi connectivity index (χ0n) is 12.4. The molecule has 0 unspecified atom stereocenters. The summed E-state index contributed by atoms with van der Waals surface area (Å²) in [6.07, 6.45) is 6.53. The second-order valence-corrected chi connectivity index (χ2v) is 6.59. The Labute approximate surface area is 125 Å². The Morgan fingerprint density at radius 3 is 2.57 bits per heavy atom. The molecule has 0 aromatic heterocycles. The SMILES string of the molecule is NC1(CC(=O)N(Cc2ccccc2F)C2CC2)CCCC1. The summed E-state index contributed by atoms with van der Waals surface area (Å²) < 4.78 is 13.8. The molecular weight excluding hydrogens is 267 g/mol. The Bertz CT molecular complexity index is 521. The van der Waals surface area contributed by atoms with Crippen LogP contribution in [-0.4, -0.2) is 22.4 Å². The lowest BCUT2D eigenvalue weighted by atomic mass is 9.94. The van der Waals surface area contributed by atoms with Gasteiger partial charge in [-0.1, -0.05) is 31.0 Å². The molecule has 2 aliphatic carbocycles. The minimum Gasteiger partial charge on any atom is -0.335 e. The highest BCUT2D eigenvalue weighted by molar-refractivity contribution is 5.78. The van der Waals surface area contributed by atoms with Gasteiger partial charge in [0.15, 0.2) is 0 Å². The summed E-state index contributed by atoms with van der Waals surface area (Å²) >= 11 is 0. The third-order valence-corrected chi connectivity index (χ3v) is 4.71. The van der Waals surface area contributed by atoms with Crippen LogP contribution in [0.25, 0.3) is 0 Å². The fourth-order valence-electron chi connectivity index (χ4n) is 3.28. The van der Waals surface area contributed by atoms with Crippen molar-refractivity contribution in [1.82, 2.24) is 4.90 Å². The van der Waals surface area contributed by atoms with Crippen molar-refractivity contribution in [3.63, 3.8) is 0 Å². The van der Waals surface area contributed by atoms with Crippen molar-refractivity contribution >= 4 is 5.91 Å². The Hall–Kier alpha value is -1.42. The highest BCUT2D eigenvalue weighted by Crippen LogP contribution is 2.34. The van der Waals surface area contributed by atoms with Crippen LogP contribution in [0.2, 0.25) is 0 Å². The van der Waals surface area contributed by atoms with Crippen LogP contribution in [0.1, 0.15) is 50.5 Å². The average molecular weight is 290 g/mol. The highest BCUT2D eigenvalue weighted by atomic mass is 19.1. The van der Waals surface area contributed by atoms with E-state index in [1.165, 1.54) is 6.07 Å². The number of nitrogens with two attached hydrogens (primary N) is 1. The summed E-state index contributed by atoms with van der Waals surface area (Å²) in [7, 11) is 0. The normalized spacial score (nSPS) is 20.5. The van der Waals surface area contributed by atoms with Gasteiger partial charge in [0.2, 0.25) is 5.91 Å². The lowest BCUT2D eigenvalue weighted by Crippen LogP contribution is -2.44. The fraction of sp³-hybridized carbons (Fsp3) is 0.588. The quantitative estimate of drug-likeness (QED) is 0.906. The molecule has 3 nitrogen and oxygen atoms in total. The number of nitrogens with zero attached hydrogens (tertiary/aromatic N) is 1. The van der Waals surface area contributed by atoms with Gasteiger partial charge in [0.05, 0.1) is 0 Å². The maximum Gasteiger partial charge on any atom is 0.224 e. The summed E-state index contributed by atoms with van der Waals surface area (Å²) in [4.78, 5) is 14.5. The van der Waals surface area contributed by atoms with Crippen LogP contribution in [-0.2, 0) is 11.3 Å². The van der Waals surface area contributed by atoms with E-state index < -0.39 is 0 Å². The standard InChI is InChI=1S/C17H23FN2O/c18-15-6-2-1-5-13(15)12-20(14-7-8-14)16(21)11-17(19)9-3-4-10-17/h1-2,5-6,14H,3-4,7-12,19H2. The Morgan fingerprint density at radius 2 is 1.95 bits per heavy atom. The van der Waals surface area contributed by atoms with Crippen LogP contribution >= 0.6 is 0 Å². The molecule has 2 saturated carbocycles. The van der Waals surface area contributed by atoms with Crippen molar-refractivity contribution in [1.29, 1.82) is 0 Å². The molecule has 0 atom stereocenters. The first-order valence-corrected chi connectivity index (χ1v) is 7.89. The van der Waals surface area contributed by atoms with Crippen molar-refractivity contribution in [2.75, 3.05) is 0 Å². The second-order valence-electron chi connectivity index (χ2n) is 6.59. The first-order chi connectivity index (χ1) is 10.1. The molecular formula is C17H23FN2O. The summed E-state index contributed by atoms with van der Waals surface area (Å²) in [5.41, 5.74) is 6.58. The molecule has 21 heavy (non-hydrogen) atoms. The third kappa shape index (κ3) is 3.43. The summed E-state index contributed by atoms with van der Waals surface area (Å²) in [5, 5.41) is 0. The average Bonchev–Trinajstić information content (AvgIpc) is 3.20. The predicted octanol–water partition coefficient (Wildman–Crippen LogP) is 2.98. The largest absolute Gasteiger partial charge is 0.335 e. The van der Waals surface area contributed by atoms with Gasteiger partial charge < -0.3 is 10.6 Å². The van der Waals surface area contributed by atoms with E-state index in [1.54, 1.807) is 12.1 Å². The number of carbonyl (C=O) groups excluding carboxylic acids is 1. The van der Waals surface area contributed by atoms with Crippen molar-refractivity contribution in [3.05, 3.63) is 35.6 Å². The Kier molecular flexibility index (Phi) is 3.98. The smallest absolute Gasteiger partial charge is 0.224 e. The zero-order valence-corrected chi connectivity index (χ0v) is 12.4. The molecule has 1 aromatic rings. The molecule has 0 bridgehead atoms. The van der Waals surface area contributed by atoms with Gasteiger partial charge in [-0.25, -0.2) is 4.39 Å². The number of halogens is 1. The fourth-order valence-corrected chi connectivity index (χ4v) is 3.28. The second kappa shape index (κ2) is 5.76. The van der Waals surface area contributed by atoms with Crippen molar-refractivity contribution in [2.24, 2.45) is 5.73 Å². The van der Waals surface area contributed by atoms with Crippen molar-refractivity contribution in [2.45, 2.75) is 63.1 Å². The molecule has 0 heterocycles. The van der Waals surface area contributed by atoms with Gasteiger partial charge in [-0.15, -0.1) is 0 Å². The summed E-state index contributed by atoms with van der Waals surface area (Å²) in [6.45, 7) is 0.367. The van der Waals surface area contributed by atoms with Crippen molar-refractivity contribution < 1.29 is 9.18 Å². The molecule has 2 N–H and O–H groups in total. The first kappa shape index (κ1) is 14.5. The predicted molar refractivity (Wildman–Crippen MR) is 80.0 cm³/mol. The molecule has 0 saturated heterocycles. The number of hydrogen-bond donors (Lipinski definition) is 1. The minimum absolute atomic E-state index is 0.0881. The van der Waals surface area contributed by atoms with Gasteiger partial charge in [0.1, 0.15) is 5.82 Å². The lowest BCUT2D eigenvalue weighted by molar-refractivity contribution is -0.133. The number of hydrogen-bond acceptors (Lipinski definition) is 2. The first-order valence-electron chi connectivity index (χ1n) is 7.89. The maximum absolute atomic E-state index is 13.8. The molecule has 0 spiro atoms. The number of carbonyl (C=O) groups is 1. The zero-order chi connectivity index (χ0) is 14.9. The molecule has 1 amide bonds. The van der Waals surface area contributed by atoms with E-state index in [1.807, 2.05) is 11.0 Å². The van der Waals surface area contributed by atoms with Gasteiger partial charge in [0.25, 0.3) is 0 Å². The van der Waals surface area contributed by atoms with Crippen LogP contribution in [0.15, 0.2) is 24.3 Å². The Morgan fingerprint density at radius 1 is 1.29 bits per heavy atom. The van der Waals surface area contributed by atoms with Crippen LogP contribution < -0.4 is 5.73 Å². The van der Waals surface area contributed by atoms with Crippen LogP contribution in [0.5, 0.6) is 0 Å². The molecule has 114 valence electrons. The molecule has 0 radical (unpaired) electrons.